The number of amides is 1. The van der Waals surface area contributed by atoms with E-state index < -0.39 is 12.1 Å². The minimum absolute atomic E-state index is 0.314. The van der Waals surface area contributed by atoms with Gasteiger partial charge in [-0.1, -0.05) is 30.3 Å². The van der Waals surface area contributed by atoms with Crippen molar-refractivity contribution < 1.29 is 13.9 Å². The van der Waals surface area contributed by atoms with E-state index in [9.17, 15) is 9.18 Å². The molecular formula is C20H20FN3O2. The van der Waals surface area contributed by atoms with E-state index >= 15 is 0 Å². The third-order valence-electron chi connectivity index (χ3n) is 4.01. The highest BCUT2D eigenvalue weighted by atomic mass is 19.1. The Hall–Kier alpha value is -3.15. The number of carbonyl (C=O) groups is 1. The van der Waals surface area contributed by atoms with Gasteiger partial charge in [-0.3, -0.25) is 4.79 Å². The number of hydrogen-bond acceptors (Lipinski definition) is 3. The smallest absolute Gasteiger partial charge is 0.261 e. The van der Waals surface area contributed by atoms with Crippen LogP contribution < -0.4 is 10.1 Å². The molecule has 0 unspecified atom stereocenters. The van der Waals surface area contributed by atoms with Gasteiger partial charge in [-0.25, -0.2) is 9.37 Å². The summed E-state index contributed by atoms with van der Waals surface area (Å²) < 4.78 is 21.1. The SMILES string of the molecule is C[C@@H](Oc1ccccc1)C(=O)N[C@H](c1cccc(F)c1)c1nccn1C. The van der Waals surface area contributed by atoms with Crippen LogP contribution in [0.4, 0.5) is 4.39 Å². The molecule has 0 bridgehead atoms. The maximum absolute atomic E-state index is 13.7. The lowest BCUT2D eigenvalue weighted by molar-refractivity contribution is -0.127. The average Bonchev–Trinajstić information content (AvgIpc) is 3.06. The summed E-state index contributed by atoms with van der Waals surface area (Å²) in [6.07, 6.45) is 2.70. The Labute approximate surface area is 151 Å². The Morgan fingerprint density at radius 2 is 1.96 bits per heavy atom. The molecule has 2 aromatic carbocycles. The first-order chi connectivity index (χ1) is 12.5. The van der Waals surface area contributed by atoms with Crippen LogP contribution in [-0.2, 0) is 11.8 Å². The van der Waals surface area contributed by atoms with Crippen molar-refractivity contribution in [2.75, 3.05) is 0 Å². The summed E-state index contributed by atoms with van der Waals surface area (Å²) in [7, 11) is 1.82. The summed E-state index contributed by atoms with van der Waals surface area (Å²) in [5.74, 6) is 0.529. The fourth-order valence-electron chi connectivity index (χ4n) is 2.65. The summed E-state index contributed by atoms with van der Waals surface area (Å²) >= 11 is 0. The van der Waals surface area contributed by atoms with Gasteiger partial charge in [0, 0.05) is 19.4 Å². The Morgan fingerprint density at radius 1 is 1.19 bits per heavy atom. The molecule has 0 fully saturated rings. The van der Waals surface area contributed by atoms with Crippen molar-refractivity contribution in [1.29, 1.82) is 0 Å². The first-order valence-corrected chi connectivity index (χ1v) is 8.29. The lowest BCUT2D eigenvalue weighted by Crippen LogP contribution is -2.39. The fraction of sp³-hybridized carbons (Fsp3) is 0.200. The molecule has 0 aliphatic carbocycles. The van der Waals surface area contributed by atoms with E-state index in [4.69, 9.17) is 4.74 Å². The molecule has 26 heavy (non-hydrogen) atoms. The molecule has 0 aliphatic rings. The fourth-order valence-corrected chi connectivity index (χ4v) is 2.65. The van der Waals surface area contributed by atoms with E-state index in [0.717, 1.165) is 0 Å². The molecule has 3 rings (SSSR count). The minimum atomic E-state index is -0.714. The van der Waals surface area contributed by atoms with E-state index in [1.807, 2.05) is 25.2 Å². The number of aromatic nitrogens is 2. The molecule has 0 radical (unpaired) electrons. The number of carbonyl (C=O) groups excluding carboxylic acids is 1. The van der Waals surface area contributed by atoms with Crippen LogP contribution in [0.3, 0.4) is 0 Å². The Kier molecular flexibility index (Phi) is 5.31. The highest BCUT2D eigenvalue weighted by molar-refractivity contribution is 5.81. The van der Waals surface area contributed by atoms with Crippen molar-refractivity contribution in [2.45, 2.75) is 19.1 Å². The van der Waals surface area contributed by atoms with Crippen LogP contribution in [0.5, 0.6) is 5.75 Å². The zero-order valence-electron chi connectivity index (χ0n) is 14.6. The maximum Gasteiger partial charge on any atom is 0.261 e. The molecule has 0 saturated heterocycles. The molecule has 1 aromatic heterocycles. The lowest BCUT2D eigenvalue weighted by atomic mass is 10.1. The summed E-state index contributed by atoms with van der Waals surface area (Å²) in [6, 6.07) is 14.6. The molecule has 0 spiro atoms. The average molecular weight is 353 g/mol. The Morgan fingerprint density at radius 3 is 2.62 bits per heavy atom. The number of rotatable bonds is 6. The molecule has 0 saturated carbocycles. The van der Waals surface area contributed by atoms with Crippen LogP contribution in [0.2, 0.25) is 0 Å². The van der Waals surface area contributed by atoms with Crippen molar-refractivity contribution in [3.05, 3.63) is 84.2 Å². The van der Waals surface area contributed by atoms with Crippen molar-refractivity contribution in [3.63, 3.8) is 0 Å². The van der Waals surface area contributed by atoms with E-state index in [1.54, 1.807) is 48.1 Å². The van der Waals surface area contributed by atoms with Crippen molar-refractivity contribution in [3.8, 4) is 5.75 Å². The van der Waals surface area contributed by atoms with Gasteiger partial charge in [0.1, 0.15) is 23.4 Å². The number of benzene rings is 2. The molecular weight excluding hydrogens is 333 g/mol. The summed E-state index contributed by atoms with van der Waals surface area (Å²) in [5, 5.41) is 2.91. The van der Waals surface area contributed by atoms with Crippen molar-refractivity contribution >= 4 is 5.91 Å². The molecule has 1 N–H and O–H groups in total. The van der Waals surface area contributed by atoms with Crippen molar-refractivity contribution in [1.82, 2.24) is 14.9 Å². The molecule has 1 amide bonds. The molecule has 5 nitrogen and oxygen atoms in total. The van der Waals surface area contributed by atoms with E-state index in [-0.39, 0.29) is 11.7 Å². The highest BCUT2D eigenvalue weighted by Crippen LogP contribution is 2.22. The summed E-state index contributed by atoms with van der Waals surface area (Å²) in [5.41, 5.74) is 0.611. The van der Waals surface area contributed by atoms with Gasteiger partial charge in [-0.15, -0.1) is 0 Å². The molecule has 6 heteroatoms. The standard InChI is InChI=1S/C20H20FN3O2/c1-14(26-17-9-4-3-5-10-17)20(25)23-18(19-22-11-12-24(19)2)15-7-6-8-16(21)13-15/h3-14,18H,1-2H3,(H,23,25)/t14-,18-/m1/s1. The highest BCUT2D eigenvalue weighted by Gasteiger charge is 2.24. The van der Waals surface area contributed by atoms with Gasteiger partial charge in [0.2, 0.25) is 0 Å². The van der Waals surface area contributed by atoms with Crippen molar-refractivity contribution in [2.24, 2.45) is 7.05 Å². The zero-order chi connectivity index (χ0) is 18.5. The van der Waals surface area contributed by atoms with Crippen LogP contribution in [0.15, 0.2) is 67.0 Å². The number of nitrogens with zero attached hydrogens (tertiary/aromatic N) is 2. The molecule has 3 aromatic rings. The second-order valence-corrected chi connectivity index (χ2v) is 5.97. The number of imidazole rings is 1. The summed E-state index contributed by atoms with van der Waals surface area (Å²) in [6.45, 7) is 1.67. The zero-order valence-corrected chi connectivity index (χ0v) is 14.6. The second-order valence-electron chi connectivity index (χ2n) is 5.97. The van der Waals surface area contributed by atoms with Gasteiger partial charge in [-0.05, 0) is 36.8 Å². The number of nitrogens with one attached hydrogen (secondary N) is 1. The normalized spacial score (nSPS) is 13.0. The number of aryl methyl sites for hydroxylation is 1. The van der Waals surface area contributed by atoms with Gasteiger partial charge in [0.15, 0.2) is 6.10 Å². The van der Waals surface area contributed by atoms with Crippen LogP contribution >= 0.6 is 0 Å². The predicted octanol–water partition coefficient (Wildman–Crippen LogP) is 3.23. The molecule has 1 heterocycles. The van der Waals surface area contributed by atoms with E-state index in [2.05, 4.69) is 10.3 Å². The molecule has 0 aliphatic heterocycles. The van der Waals surface area contributed by atoms with Crippen LogP contribution in [0.25, 0.3) is 0 Å². The number of halogens is 1. The predicted molar refractivity (Wildman–Crippen MR) is 96.1 cm³/mol. The lowest BCUT2D eigenvalue weighted by Gasteiger charge is -2.22. The van der Waals surface area contributed by atoms with Crippen LogP contribution in [-0.4, -0.2) is 21.6 Å². The largest absolute Gasteiger partial charge is 0.481 e. The van der Waals surface area contributed by atoms with Gasteiger partial charge < -0.3 is 14.6 Å². The minimum Gasteiger partial charge on any atom is -0.481 e. The van der Waals surface area contributed by atoms with Gasteiger partial charge in [0.25, 0.3) is 5.91 Å². The van der Waals surface area contributed by atoms with E-state index in [0.29, 0.717) is 17.1 Å². The monoisotopic (exact) mass is 353 g/mol. The van der Waals surface area contributed by atoms with Gasteiger partial charge in [0.05, 0.1) is 0 Å². The second kappa shape index (κ2) is 7.82. The Balaban J connectivity index is 1.81. The van der Waals surface area contributed by atoms with E-state index in [1.165, 1.54) is 12.1 Å². The third-order valence-corrected chi connectivity index (χ3v) is 4.01. The van der Waals surface area contributed by atoms with Gasteiger partial charge >= 0.3 is 0 Å². The quantitative estimate of drug-likeness (QED) is 0.740. The number of ether oxygens (including phenoxy) is 1. The third kappa shape index (κ3) is 4.08. The first-order valence-electron chi connectivity index (χ1n) is 8.29. The summed E-state index contributed by atoms with van der Waals surface area (Å²) in [4.78, 5) is 17.0. The first kappa shape index (κ1) is 17.7. The molecule has 2 atom stereocenters. The number of hydrogen-bond donors (Lipinski definition) is 1. The topological polar surface area (TPSA) is 56.1 Å². The van der Waals surface area contributed by atoms with Crippen LogP contribution in [0.1, 0.15) is 24.4 Å². The number of para-hydroxylation sites is 1. The van der Waals surface area contributed by atoms with Gasteiger partial charge in [-0.2, -0.15) is 0 Å². The Bertz CT molecular complexity index is 880. The maximum atomic E-state index is 13.7. The van der Waals surface area contributed by atoms with Crippen LogP contribution in [0, 0.1) is 5.82 Å². The molecule has 134 valence electrons.